The van der Waals surface area contributed by atoms with E-state index < -0.39 is 0 Å². The first-order chi connectivity index (χ1) is 9.84. The van der Waals surface area contributed by atoms with Gasteiger partial charge in [0, 0.05) is 22.0 Å². The summed E-state index contributed by atoms with van der Waals surface area (Å²) in [5, 5.41) is 9.95. The van der Waals surface area contributed by atoms with Gasteiger partial charge in [-0.15, -0.1) is 0 Å². The van der Waals surface area contributed by atoms with E-state index in [2.05, 4.69) is 34.5 Å². The fraction of sp³-hybridized carbons (Fsp3) is 0.0588. The highest BCUT2D eigenvalue weighted by Crippen LogP contribution is 2.30. The molecule has 2 aromatic heterocycles. The van der Waals surface area contributed by atoms with Crippen molar-refractivity contribution in [3.8, 4) is 11.3 Å². The summed E-state index contributed by atoms with van der Waals surface area (Å²) in [6.45, 7) is 2.05. The van der Waals surface area contributed by atoms with Crippen molar-refractivity contribution in [1.82, 2.24) is 15.2 Å². The van der Waals surface area contributed by atoms with Crippen LogP contribution >= 0.6 is 0 Å². The molecule has 0 atom stereocenters. The van der Waals surface area contributed by atoms with Gasteiger partial charge in [0.05, 0.1) is 5.52 Å². The molecular formula is C17H13N3. The fourth-order valence-corrected chi connectivity index (χ4v) is 2.67. The SMILES string of the molecule is Cc1nc2c(-c3ccccc3)n[nH]c2c2ccccc12. The summed E-state index contributed by atoms with van der Waals surface area (Å²) in [6, 6.07) is 18.4. The van der Waals surface area contributed by atoms with Crippen molar-refractivity contribution in [3.63, 3.8) is 0 Å². The second-order valence-electron chi connectivity index (χ2n) is 4.90. The Bertz CT molecular complexity index is 907. The number of fused-ring (bicyclic) bond motifs is 3. The van der Waals surface area contributed by atoms with Crippen LogP contribution in [0.1, 0.15) is 5.69 Å². The Kier molecular flexibility index (Phi) is 2.33. The summed E-state index contributed by atoms with van der Waals surface area (Å²) >= 11 is 0. The quantitative estimate of drug-likeness (QED) is 0.559. The number of aryl methyl sites for hydroxylation is 1. The summed E-state index contributed by atoms with van der Waals surface area (Å²) < 4.78 is 0. The van der Waals surface area contributed by atoms with Crippen molar-refractivity contribution in [2.75, 3.05) is 0 Å². The van der Waals surface area contributed by atoms with E-state index in [0.717, 1.165) is 28.0 Å². The monoisotopic (exact) mass is 259 g/mol. The van der Waals surface area contributed by atoms with Gasteiger partial charge in [0.15, 0.2) is 0 Å². The largest absolute Gasteiger partial charge is 0.275 e. The minimum atomic E-state index is 0.912. The van der Waals surface area contributed by atoms with Crippen LogP contribution in [0.15, 0.2) is 54.6 Å². The summed E-state index contributed by atoms with van der Waals surface area (Å²) in [7, 11) is 0. The molecule has 0 spiro atoms. The molecule has 2 aromatic carbocycles. The van der Waals surface area contributed by atoms with E-state index in [1.54, 1.807) is 0 Å². The van der Waals surface area contributed by atoms with Crippen LogP contribution < -0.4 is 0 Å². The predicted octanol–water partition coefficient (Wildman–Crippen LogP) is 4.09. The van der Waals surface area contributed by atoms with Crippen molar-refractivity contribution in [3.05, 3.63) is 60.3 Å². The molecule has 3 nitrogen and oxygen atoms in total. The molecule has 2 heterocycles. The van der Waals surface area contributed by atoms with Crippen LogP contribution in [0, 0.1) is 6.92 Å². The Morgan fingerprint density at radius 1 is 0.850 bits per heavy atom. The van der Waals surface area contributed by atoms with Gasteiger partial charge in [0.2, 0.25) is 0 Å². The number of rotatable bonds is 1. The number of pyridine rings is 1. The number of hydrogen-bond donors (Lipinski definition) is 1. The first-order valence-corrected chi connectivity index (χ1v) is 6.63. The molecule has 0 unspecified atom stereocenters. The van der Waals surface area contributed by atoms with E-state index in [1.807, 2.05) is 37.3 Å². The Labute approximate surface area is 116 Å². The van der Waals surface area contributed by atoms with Gasteiger partial charge >= 0.3 is 0 Å². The lowest BCUT2D eigenvalue weighted by atomic mass is 10.1. The van der Waals surface area contributed by atoms with Crippen LogP contribution in [0.25, 0.3) is 33.1 Å². The average Bonchev–Trinajstić information content (AvgIpc) is 2.92. The summed E-state index contributed by atoms with van der Waals surface area (Å²) in [4.78, 5) is 4.75. The molecule has 0 fully saturated rings. The van der Waals surface area contributed by atoms with Crippen LogP contribution in [0.4, 0.5) is 0 Å². The van der Waals surface area contributed by atoms with Crippen LogP contribution in [0.3, 0.4) is 0 Å². The summed E-state index contributed by atoms with van der Waals surface area (Å²) in [5.74, 6) is 0. The zero-order chi connectivity index (χ0) is 13.5. The lowest BCUT2D eigenvalue weighted by Crippen LogP contribution is -1.87. The highest BCUT2D eigenvalue weighted by atomic mass is 15.1. The number of nitrogens with one attached hydrogen (secondary N) is 1. The third-order valence-corrected chi connectivity index (χ3v) is 3.65. The van der Waals surface area contributed by atoms with Gasteiger partial charge in [-0.25, -0.2) is 4.98 Å². The highest BCUT2D eigenvalue weighted by Gasteiger charge is 2.13. The Morgan fingerprint density at radius 3 is 2.35 bits per heavy atom. The molecule has 0 aliphatic rings. The van der Waals surface area contributed by atoms with Crippen LogP contribution in [0.5, 0.6) is 0 Å². The minimum absolute atomic E-state index is 0.912. The average molecular weight is 259 g/mol. The molecule has 0 saturated heterocycles. The third-order valence-electron chi connectivity index (χ3n) is 3.65. The molecule has 0 amide bonds. The van der Waals surface area contributed by atoms with E-state index in [9.17, 15) is 0 Å². The Hall–Kier alpha value is -2.68. The fourth-order valence-electron chi connectivity index (χ4n) is 2.67. The van der Waals surface area contributed by atoms with Crippen molar-refractivity contribution < 1.29 is 0 Å². The molecule has 20 heavy (non-hydrogen) atoms. The third kappa shape index (κ3) is 1.53. The number of aromatic nitrogens is 3. The van der Waals surface area contributed by atoms with E-state index in [-0.39, 0.29) is 0 Å². The van der Waals surface area contributed by atoms with Crippen LogP contribution in [-0.4, -0.2) is 15.2 Å². The van der Waals surface area contributed by atoms with Gasteiger partial charge in [0.1, 0.15) is 11.2 Å². The van der Waals surface area contributed by atoms with Crippen LogP contribution in [-0.2, 0) is 0 Å². The molecule has 3 heteroatoms. The maximum absolute atomic E-state index is 4.75. The maximum Gasteiger partial charge on any atom is 0.118 e. The van der Waals surface area contributed by atoms with E-state index in [4.69, 9.17) is 4.98 Å². The lowest BCUT2D eigenvalue weighted by molar-refractivity contribution is 1.13. The van der Waals surface area contributed by atoms with Gasteiger partial charge in [-0.05, 0) is 6.92 Å². The standard InChI is InChI=1S/C17H13N3/c1-11-13-9-5-6-10-14(13)16-17(18-11)15(19-20-16)12-7-3-2-4-8-12/h2-10H,1H3,(H,19,20). The second kappa shape index (κ2) is 4.17. The van der Waals surface area contributed by atoms with Crippen molar-refractivity contribution in [2.45, 2.75) is 6.92 Å². The molecular weight excluding hydrogens is 246 g/mol. The molecule has 0 aliphatic heterocycles. The topological polar surface area (TPSA) is 41.6 Å². The van der Waals surface area contributed by atoms with Gasteiger partial charge in [0.25, 0.3) is 0 Å². The first-order valence-electron chi connectivity index (χ1n) is 6.63. The van der Waals surface area contributed by atoms with Gasteiger partial charge in [-0.1, -0.05) is 54.6 Å². The normalized spacial score (nSPS) is 11.2. The molecule has 0 bridgehead atoms. The van der Waals surface area contributed by atoms with Gasteiger partial charge < -0.3 is 0 Å². The van der Waals surface area contributed by atoms with E-state index in [1.165, 1.54) is 10.8 Å². The molecule has 0 radical (unpaired) electrons. The molecule has 0 aliphatic carbocycles. The summed E-state index contributed by atoms with van der Waals surface area (Å²) in [6.07, 6.45) is 0. The maximum atomic E-state index is 4.75. The Morgan fingerprint density at radius 2 is 1.55 bits per heavy atom. The second-order valence-corrected chi connectivity index (χ2v) is 4.90. The molecule has 1 N–H and O–H groups in total. The zero-order valence-corrected chi connectivity index (χ0v) is 11.1. The van der Waals surface area contributed by atoms with E-state index in [0.29, 0.717) is 0 Å². The van der Waals surface area contributed by atoms with Gasteiger partial charge in [-0.2, -0.15) is 5.10 Å². The predicted molar refractivity (Wildman–Crippen MR) is 81.6 cm³/mol. The number of hydrogen-bond acceptors (Lipinski definition) is 2. The molecule has 4 rings (SSSR count). The minimum Gasteiger partial charge on any atom is -0.275 e. The summed E-state index contributed by atoms with van der Waals surface area (Å²) in [5.41, 5.74) is 4.97. The molecule has 96 valence electrons. The number of aromatic amines is 1. The lowest BCUT2D eigenvalue weighted by Gasteiger charge is -2.03. The van der Waals surface area contributed by atoms with Crippen molar-refractivity contribution in [2.24, 2.45) is 0 Å². The van der Waals surface area contributed by atoms with Crippen molar-refractivity contribution in [1.29, 1.82) is 0 Å². The molecule has 4 aromatic rings. The van der Waals surface area contributed by atoms with Crippen molar-refractivity contribution >= 4 is 21.8 Å². The van der Waals surface area contributed by atoms with Gasteiger partial charge in [-0.3, -0.25) is 5.10 Å². The first kappa shape index (κ1) is 11.2. The highest BCUT2D eigenvalue weighted by molar-refractivity contribution is 6.08. The molecule has 0 saturated carbocycles. The van der Waals surface area contributed by atoms with Crippen LogP contribution in [0.2, 0.25) is 0 Å². The number of benzene rings is 2. The number of nitrogens with zero attached hydrogens (tertiary/aromatic N) is 2. The zero-order valence-electron chi connectivity index (χ0n) is 11.1. The smallest absolute Gasteiger partial charge is 0.118 e. The Balaban J connectivity index is 2.12. The number of H-pyrrole nitrogens is 1. The van der Waals surface area contributed by atoms with E-state index >= 15 is 0 Å².